The summed E-state index contributed by atoms with van der Waals surface area (Å²) >= 11 is 0. The van der Waals surface area contributed by atoms with Crippen molar-refractivity contribution in [2.45, 2.75) is 32.6 Å². The van der Waals surface area contributed by atoms with Gasteiger partial charge in [-0.05, 0) is 45.2 Å². The van der Waals surface area contributed by atoms with E-state index in [1.807, 2.05) is 6.92 Å². The lowest BCUT2D eigenvalue weighted by atomic mass is 9.95. The minimum Gasteiger partial charge on any atom is -0.396 e. The first kappa shape index (κ1) is 14.5. The van der Waals surface area contributed by atoms with Crippen LogP contribution in [0.15, 0.2) is 0 Å². The summed E-state index contributed by atoms with van der Waals surface area (Å²) in [6, 6.07) is 0. The zero-order valence-corrected chi connectivity index (χ0v) is 11.1. The van der Waals surface area contributed by atoms with Gasteiger partial charge >= 0.3 is 0 Å². The van der Waals surface area contributed by atoms with Gasteiger partial charge in [0, 0.05) is 13.1 Å². The van der Waals surface area contributed by atoms with E-state index < -0.39 is 0 Å². The van der Waals surface area contributed by atoms with Crippen LogP contribution in [0.3, 0.4) is 0 Å². The molecular formula is C13H26N2O2. The van der Waals surface area contributed by atoms with Gasteiger partial charge < -0.3 is 15.3 Å². The standard InChI is InChI=1S/C13H26N2O2/c1-3-12(10-16)13(17)14-7-6-11-5-4-8-15(2)9-11/h11-12,16H,3-10H2,1-2H3,(H,14,17). The molecule has 4 heteroatoms. The first-order valence-corrected chi connectivity index (χ1v) is 6.74. The Kier molecular flexibility index (Phi) is 6.52. The van der Waals surface area contributed by atoms with Crippen LogP contribution in [0.4, 0.5) is 0 Å². The van der Waals surface area contributed by atoms with E-state index in [-0.39, 0.29) is 18.4 Å². The third-order valence-corrected chi connectivity index (χ3v) is 3.66. The molecule has 2 unspecified atom stereocenters. The van der Waals surface area contributed by atoms with E-state index in [1.165, 1.54) is 19.4 Å². The number of nitrogens with one attached hydrogen (secondary N) is 1. The summed E-state index contributed by atoms with van der Waals surface area (Å²) in [5, 5.41) is 11.9. The Hall–Kier alpha value is -0.610. The van der Waals surface area contributed by atoms with E-state index in [1.54, 1.807) is 0 Å². The van der Waals surface area contributed by atoms with Crippen LogP contribution in [0.5, 0.6) is 0 Å². The molecule has 2 atom stereocenters. The van der Waals surface area contributed by atoms with Crippen molar-refractivity contribution >= 4 is 5.91 Å². The van der Waals surface area contributed by atoms with Gasteiger partial charge in [-0.15, -0.1) is 0 Å². The summed E-state index contributed by atoms with van der Waals surface area (Å²) in [7, 11) is 2.16. The molecule has 0 bridgehead atoms. The van der Waals surface area contributed by atoms with Gasteiger partial charge in [-0.25, -0.2) is 0 Å². The molecule has 0 aromatic carbocycles. The van der Waals surface area contributed by atoms with Crippen LogP contribution in [0.2, 0.25) is 0 Å². The summed E-state index contributed by atoms with van der Waals surface area (Å²) in [6.07, 6.45) is 4.30. The molecule has 0 saturated carbocycles. The van der Waals surface area contributed by atoms with Crippen molar-refractivity contribution in [2.24, 2.45) is 11.8 Å². The largest absolute Gasteiger partial charge is 0.396 e. The Morgan fingerprint density at radius 2 is 2.35 bits per heavy atom. The van der Waals surface area contributed by atoms with Gasteiger partial charge in [0.1, 0.15) is 0 Å². The maximum Gasteiger partial charge on any atom is 0.225 e. The van der Waals surface area contributed by atoms with Crippen LogP contribution in [0, 0.1) is 11.8 Å². The number of amides is 1. The quantitative estimate of drug-likeness (QED) is 0.726. The number of likely N-dealkylation sites (tertiary alicyclic amines) is 1. The molecule has 100 valence electrons. The van der Waals surface area contributed by atoms with Crippen molar-refractivity contribution < 1.29 is 9.90 Å². The molecule has 4 nitrogen and oxygen atoms in total. The van der Waals surface area contributed by atoms with E-state index in [0.717, 1.165) is 19.5 Å². The Bertz CT molecular complexity index is 229. The maximum atomic E-state index is 11.6. The second-order valence-electron chi connectivity index (χ2n) is 5.14. The molecule has 0 spiro atoms. The van der Waals surface area contributed by atoms with Crippen LogP contribution < -0.4 is 5.32 Å². The summed E-state index contributed by atoms with van der Waals surface area (Å²) in [5.41, 5.74) is 0. The molecule has 1 saturated heterocycles. The molecule has 0 aromatic heterocycles. The third kappa shape index (κ3) is 5.04. The van der Waals surface area contributed by atoms with Gasteiger partial charge in [-0.1, -0.05) is 6.92 Å². The molecule has 1 amide bonds. The molecule has 2 N–H and O–H groups in total. The SMILES string of the molecule is CCC(CO)C(=O)NCCC1CCCN(C)C1. The van der Waals surface area contributed by atoms with Crippen LogP contribution in [0.25, 0.3) is 0 Å². The molecular weight excluding hydrogens is 216 g/mol. The van der Waals surface area contributed by atoms with Crippen molar-refractivity contribution in [1.29, 1.82) is 0 Å². The smallest absolute Gasteiger partial charge is 0.225 e. The monoisotopic (exact) mass is 242 g/mol. The van der Waals surface area contributed by atoms with Crippen LogP contribution in [-0.4, -0.2) is 49.2 Å². The summed E-state index contributed by atoms with van der Waals surface area (Å²) < 4.78 is 0. The normalized spacial score (nSPS) is 23.4. The lowest BCUT2D eigenvalue weighted by Gasteiger charge is -2.29. The predicted octanol–water partition coefficient (Wildman–Crippen LogP) is 0.853. The van der Waals surface area contributed by atoms with Gasteiger partial charge in [0.05, 0.1) is 12.5 Å². The lowest BCUT2D eigenvalue weighted by molar-refractivity contribution is -0.126. The third-order valence-electron chi connectivity index (χ3n) is 3.66. The van der Waals surface area contributed by atoms with Crippen molar-refractivity contribution in [3.63, 3.8) is 0 Å². The van der Waals surface area contributed by atoms with E-state index in [0.29, 0.717) is 12.3 Å². The molecule has 1 rings (SSSR count). The van der Waals surface area contributed by atoms with Crippen molar-refractivity contribution in [2.75, 3.05) is 33.3 Å². The number of hydrogen-bond donors (Lipinski definition) is 2. The van der Waals surface area contributed by atoms with Gasteiger partial charge in [-0.3, -0.25) is 4.79 Å². The van der Waals surface area contributed by atoms with Crippen molar-refractivity contribution in [1.82, 2.24) is 10.2 Å². The van der Waals surface area contributed by atoms with Crippen LogP contribution in [-0.2, 0) is 4.79 Å². The fraction of sp³-hybridized carbons (Fsp3) is 0.923. The Morgan fingerprint density at radius 3 is 2.94 bits per heavy atom. The number of hydrogen-bond acceptors (Lipinski definition) is 3. The molecule has 1 fully saturated rings. The highest BCUT2D eigenvalue weighted by Crippen LogP contribution is 2.17. The number of piperidine rings is 1. The van der Waals surface area contributed by atoms with Crippen molar-refractivity contribution in [3.8, 4) is 0 Å². The Morgan fingerprint density at radius 1 is 1.59 bits per heavy atom. The fourth-order valence-corrected chi connectivity index (χ4v) is 2.45. The highest BCUT2D eigenvalue weighted by atomic mass is 16.3. The van der Waals surface area contributed by atoms with Crippen molar-refractivity contribution in [3.05, 3.63) is 0 Å². The molecule has 1 aliphatic heterocycles. The van der Waals surface area contributed by atoms with Gasteiger partial charge in [-0.2, -0.15) is 0 Å². The molecule has 0 radical (unpaired) electrons. The molecule has 17 heavy (non-hydrogen) atoms. The van der Waals surface area contributed by atoms with E-state index in [4.69, 9.17) is 5.11 Å². The van der Waals surface area contributed by atoms with Crippen LogP contribution >= 0.6 is 0 Å². The summed E-state index contributed by atoms with van der Waals surface area (Å²) in [4.78, 5) is 14.0. The predicted molar refractivity (Wildman–Crippen MR) is 68.7 cm³/mol. The van der Waals surface area contributed by atoms with E-state index >= 15 is 0 Å². The molecule has 1 heterocycles. The number of nitrogens with zero attached hydrogens (tertiary/aromatic N) is 1. The van der Waals surface area contributed by atoms with E-state index in [2.05, 4.69) is 17.3 Å². The second-order valence-corrected chi connectivity index (χ2v) is 5.14. The zero-order valence-electron chi connectivity index (χ0n) is 11.1. The zero-order chi connectivity index (χ0) is 12.7. The fourth-order valence-electron chi connectivity index (χ4n) is 2.45. The van der Waals surface area contributed by atoms with E-state index in [9.17, 15) is 4.79 Å². The maximum absolute atomic E-state index is 11.6. The average molecular weight is 242 g/mol. The number of carbonyl (C=O) groups is 1. The highest BCUT2D eigenvalue weighted by molar-refractivity contribution is 5.78. The molecule has 0 aromatic rings. The molecule has 0 aliphatic carbocycles. The average Bonchev–Trinajstić information content (AvgIpc) is 2.30. The highest BCUT2D eigenvalue weighted by Gasteiger charge is 2.18. The van der Waals surface area contributed by atoms with Gasteiger partial charge in [0.2, 0.25) is 5.91 Å². The lowest BCUT2D eigenvalue weighted by Crippen LogP contribution is -2.36. The number of aliphatic hydroxyl groups excluding tert-OH is 1. The summed E-state index contributed by atoms with van der Waals surface area (Å²) in [6.45, 7) is 4.97. The Balaban J connectivity index is 2.16. The first-order chi connectivity index (χ1) is 8.17. The minimum absolute atomic E-state index is 0.000774. The van der Waals surface area contributed by atoms with Gasteiger partial charge in [0.15, 0.2) is 0 Å². The number of carbonyl (C=O) groups excluding carboxylic acids is 1. The Labute approximate surface area is 104 Å². The summed E-state index contributed by atoms with van der Waals surface area (Å²) in [5.74, 6) is 0.478. The topological polar surface area (TPSA) is 52.6 Å². The second kappa shape index (κ2) is 7.67. The minimum atomic E-state index is -0.232. The van der Waals surface area contributed by atoms with Gasteiger partial charge in [0.25, 0.3) is 0 Å². The number of rotatable bonds is 6. The number of aliphatic hydroxyl groups is 1. The van der Waals surface area contributed by atoms with Crippen LogP contribution in [0.1, 0.15) is 32.6 Å². The first-order valence-electron chi connectivity index (χ1n) is 6.74. The molecule has 1 aliphatic rings.